The second kappa shape index (κ2) is 6.30. The Morgan fingerprint density at radius 1 is 0.958 bits per heavy atom. The van der Waals surface area contributed by atoms with Gasteiger partial charge in [-0.05, 0) is 47.0 Å². The fraction of sp³-hybridized carbons (Fsp3) is 0.211. The minimum absolute atomic E-state index is 0.0573. The van der Waals surface area contributed by atoms with Gasteiger partial charge >= 0.3 is 0 Å². The quantitative estimate of drug-likeness (QED) is 0.700. The highest BCUT2D eigenvalue weighted by Crippen LogP contribution is 2.28. The van der Waals surface area contributed by atoms with Crippen molar-refractivity contribution in [3.8, 4) is 11.1 Å². The molecule has 0 radical (unpaired) electrons. The van der Waals surface area contributed by atoms with Crippen LogP contribution in [0.25, 0.3) is 22.1 Å². The maximum absolute atomic E-state index is 12.5. The van der Waals surface area contributed by atoms with Crippen LogP contribution in [-0.2, 0) is 4.74 Å². The molecule has 4 rings (SSSR count). The molecule has 0 spiro atoms. The number of hydrogen-bond donors (Lipinski definition) is 0. The molecule has 4 nitrogen and oxygen atoms in total. The van der Waals surface area contributed by atoms with Crippen LogP contribution in [0.3, 0.4) is 0 Å². The van der Waals surface area contributed by atoms with Crippen molar-refractivity contribution >= 4 is 28.5 Å². The number of fused-ring (bicyclic) bond motifs is 1. The minimum atomic E-state index is 0.0573. The van der Waals surface area contributed by atoms with Crippen LogP contribution in [-0.4, -0.2) is 37.1 Å². The summed E-state index contributed by atoms with van der Waals surface area (Å²) in [5.74, 6) is 0.0573. The van der Waals surface area contributed by atoms with Gasteiger partial charge in [-0.25, -0.2) is 0 Å². The van der Waals surface area contributed by atoms with E-state index in [9.17, 15) is 4.79 Å². The number of carbonyl (C=O) groups excluding carboxylic acids is 1. The molecule has 1 aromatic heterocycles. The van der Waals surface area contributed by atoms with Gasteiger partial charge in [-0.2, -0.15) is 0 Å². The maximum atomic E-state index is 12.5. The van der Waals surface area contributed by atoms with E-state index < -0.39 is 0 Å². The topological polar surface area (TPSA) is 42.7 Å². The molecule has 0 unspecified atom stereocenters. The molecule has 0 aliphatic carbocycles. The number of nitrogens with zero attached hydrogens (tertiary/aromatic N) is 1. The predicted octanol–water partition coefficient (Wildman–Crippen LogP) is 4.23. The van der Waals surface area contributed by atoms with Crippen LogP contribution in [0.4, 0.5) is 0 Å². The van der Waals surface area contributed by atoms with Crippen LogP contribution in [0.15, 0.2) is 52.9 Å². The second-order valence-corrected chi connectivity index (χ2v) is 6.16. The summed E-state index contributed by atoms with van der Waals surface area (Å²) in [7, 11) is 0. The van der Waals surface area contributed by atoms with Gasteiger partial charge < -0.3 is 14.1 Å². The van der Waals surface area contributed by atoms with E-state index in [-0.39, 0.29) is 5.91 Å². The first-order valence-corrected chi connectivity index (χ1v) is 8.25. The molecule has 0 saturated carbocycles. The zero-order chi connectivity index (χ0) is 16.5. The van der Waals surface area contributed by atoms with Crippen LogP contribution in [0.5, 0.6) is 0 Å². The molecule has 5 heteroatoms. The second-order valence-electron chi connectivity index (χ2n) is 5.79. The molecule has 0 bridgehead atoms. The molecule has 2 aromatic carbocycles. The fourth-order valence-corrected chi connectivity index (χ4v) is 3.15. The standard InChI is InChI=1S/C19H16ClNO3/c20-18-12-16-11-15(5-6-17(16)24-18)13-1-3-14(4-2-13)19(22)21-7-9-23-10-8-21/h1-6,11-12H,7-10H2. The van der Waals surface area contributed by atoms with Gasteiger partial charge in [-0.15, -0.1) is 0 Å². The van der Waals surface area contributed by atoms with Crippen LogP contribution in [0, 0.1) is 0 Å². The number of benzene rings is 2. The van der Waals surface area contributed by atoms with Crippen molar-refractivity contribution in [1.29, 1.82) is 0 Å². The number of morpholine rings is 1. The van der Waals surface area contributed by atoms with Crippen molar-refractivity contribution in [3.05, 3.63) is 59.3 Å². The smallest absolute Gasteiger partial charge is 0.254 e. The molecule has 1 fully saturated rings. The number of hydrogen-bond acceptors (Lipinski definition) is 3. The van der Waals surface area contributed by atoms with Crippen molar-refractivity contribution in [2.45, 2.75) is 0 Å². The lowest BCUT2D eigenvalue weighted by Crippen LogP contribution is -2.40. The number of carbonyl (C=O) groups is 1. The van der Waals surface area contributed by atoms with E-state index in [1.807, 2.05) is 47.4 Å². The van der Waals surface area contributed by atoms with Crippen molar-refractivity contribution < 1.29 is 13.9 Å². The first-order valence-electron chi connectivity index (χ1n) is 7.87. The fourth-order valence-electron chi connectivity index (χ4n) is 2.94. The molecule has 1 amide bonds. The molecule has 0 N–H and O–H groups in total. The molecule has 2 heterocycles. The van der Waals surface area contributed by atoms with Gasteiger partial charge in [0.15, 0.2) is 5.22 Å². The van der Waals surface area contributed by atoms with Crippen molar-refractivity contribution in [3.63, 3.8) is 0 Å². The Hall–Kier alpha value is -2.30. The lowest BCUT2D eigenvalue weighted by molar-refractivity contribution is 0.0303. The molecular formula is C19H16ClNO3. The Labute approximate surface area is 144 Å². The normalized spacial score (nSPS) is 15.0. The highest BCUT2D eigenvalue weighted by Gasteiger charge is 2.18. The molecule has 3 aromatic rings. The molecule has 1 saturated heterocycles. The average molecular weight is 342 g/mol. The number of amides is 1. The summed E-state index contributed by atoms with van der Waals surface area (Å²) in [6.07, 6.45) is 0. The van der Waals surface area contributed by atoms with Gasteiger partial charge in [0.05, 0.1) is 13.2 Å². The summed E-state index contributed by atoms with van der Waals surface area (Å²) in [5.41, 5.74) is 3.58. The third kappa shape index (κ3) is 2.90. The van der Waals surface area contributed by atoms with E-state index in [4.69, 9.17) is 20.8 Å². The van der Waals surface area contributed by atoms with Crippen LogP contribution < -0.4 is 0 Å². The number of ether oxygens (including phenoxy) is 1. The third-order valence-corrected chi connectivity index (χ3v) is 4.44. The van der Waals surface area contributed by atoms with Gasteiger partial charge in [0.1, 0.15) is 5.58 Å². The number of furan rings is 1. The van der Waals surface area contributed by atoms with Gasteiger partial charge in [0.2, 0.25) is 0 Å². The van der Waals surface area contributed by atoms with Gasteiger partial charge in [0, 0.05) is 30.1 Å². The third-order valence-electron chi connectivity index (χ3n) is 4.25. The number of rotatable bonds is 2. The van der Waals surface area contributed by atoms with Gasteiger partial charge in [-0.1, -0.05) is 18.2 Å². The zero-order valence-corrected chi connectivity index (χ0v) is 13.8. The monoisotopic (exact) mass is 341 g/mol. The van der Waals surface area contributed by atoms with Crippen molar-refractivity contribution in [1.82, 2.24) is 4.90 Å². The number of halogens is 1. The average Bonchev–Trinajstić information content (AvgIpc) is 3.01. The first-order chi connectivity index (χ1) is 11.7. The van der Waals surface area contributed by atoms with E-state index >= 15 is 0 Å². The summed E-state index contributed by atoms with van der Waals surface area (Å²) in [4.78, 5) is 14.3. The summed E-state index contributed by atoms with van der Waals surface area (Å²) in [6.45, 7) is 2.52. The highest BCUT2D eigenvalue weighted by molar-refractivity contribution is 6.29. The van der Waals surface area contributed by atoms with E-state index in [2.05, 4.69) is 0 Å². The Morgan fingerprint density at radius 2 is 1.67 bits per heavy atom. The summed E-state index contributed by atoms with van der Waals surface area (Å²) in [6, 6.07) is 15.4. The van der Waals surface area contributed by atoms with Gasteiger partial charge in [-0.3, -0.25) is 4.79 Å². The summed E-state index contributed by atoms with van der Waals surface area (Å²) in [5, 5.41) is 1.35. The molecule has 24 heavy (non-hydrogen) atoms. The first kappa shape index (κ1) is 15.2. The van der Waals surface area contributed by atoms with E-state index in [0.717, 1.165) is 22.1 Å². The minimum Gasteiger partial charge on any atom is -0.445 e. The van der Waals surface area contributed by atoms with Crippen molar-refractivity contribution in [2.75, 3.05) is 26.3 Å². The predicted molar refractivity (Wildman–Crippen MR) is 93.4 cm³/mol. The molecule has 122 valence electrons. The molecule has 1 aliphatic rings. The Bertz CT molecular complexity index is 879. The zero-order valence-electron chi connectivity index (χ0n) is 13.0. The van der Waals surface area contributed by atoms with Crippen LogP contribution in [0.2, 0.25) is 5.22 Å². The Morgan fingerprint density at radius 3 is 2.42 bits per heavy atom. The lowest BCUT2D eigenvalue weighted by Gasteiger charge is -2.26. The molecule has 1 aliphatic heterocycles. The van der Waals surface area contributed by atoms with E-state index in [1.165, 1.54) is 0 Å². The van der Waals surface area contributed by atoms with E-state index in [0.29, 0.717) is 37.1 Å². The summed E-state index contributed by atoms with van der Waals surface area (Å²) >= 11 is 5.89. The van der Waals surface area contributed by atoms with Gasteiger partial charge in [0.25, 0.3) is 5.91 Å². The Kier molecular flexibility index (Phi) is 4.00. The Balaban J connectivity index is 1.58. The lowest BCUT2D eigenvalue weighted by atomic mass is 10.0. The SMILES string of the molecule is O=C(c1ccc(-c2ccc3oc(Cl)cc3c2)cc1)N1CCOCC1. The van der Waals surface area contributed by atoms with Crippen molar-refractivity contribution in [2.24, 2.45) is 0 Å². The highest BCUT2D eigenvalue weighted by atomic mass is 35.5. The van der Waals surface area contributed by atoms with Crippen LogP contribution in [0.1, 0.15) is 10.4 Å². The molecular weight excluding hydrogens is 326 g/mol. The maximum Gasteiger partial charge on any atom is 0.254 e. The largest absolute Gasteiger partial charge is 0.445 e. The molecule has 0 atom stereocenters. The van der Waals surface area contributed by atoms with E-state index in [1.54, 1.807) is 6.07 Å². The van der Waals surface area contributed by atoms with Crippen LogP contribution >= 0.6 is 11.6 Å². The summed E-state index contributed by atoms with van der Waals surface area (Å²) < 4.78 is 10.7.